The van der Waals surface area contributed by atoms with Crippen LogP contribution in [0.2, 0.25) is 0 Å². The van der Waals surface area contributed by atoms with E-state index in [9.17, 15) is 20.1 Å². The van der Waals surface area contributed by atoms with Crippen molar-refractivity contribution < 1.29 is 20.1 Å². The van der Waals surface area contributed by atoms with Crippen LogP contribution in [0, 0.1) is 16.7 Å². The Balaban J connectivity index is 2.23. The molecule has 0 radical (unpaired) electrons. The molecule has 3 aliphatic carbocycles. The summed E-state index contributed by atoms with van der Waals surface area (Å²) in [5, 5.41) is 30.6. The molecule has 2 fully saturated rings. The predicted octanol–water partition coefficient (Wildman–Crippen LogP) is 0.962. The van der Waals surface area contributed by atoms with Crippen LogP contribution in [0.25, 0.3) is 0 Å². The number of Topliss-reactive ketones (excluding diaryl/α,β-unsaturated/α-hetero) is 1. The van der Waals surface area contributed by atoms with Gasteiger partial charge in [-0.05, 0) is 31.8 Å². The number of hydrogen-bond acceptors (Lipinski definition) is 4. The molecule has 3 aliphatic rings. The van der Waals surface area contributed by atoms with Gasteiger partial charge in [0, 0.05) is 16.9 Å². The lowest BCUT2D eigenvalue weighted by atomic mass is 9.69. The van der Waals surface area contributed by atoms with Crippen molar-refractivity contribution in [2.24, 2.45) is 16.7 Å². The van der Waals surface area contributed by atoms with Crippen molar-refractivity contribution in [3.8, 4) is 0 Å². The van der Waals surface area contributed by atoms with Crippen molar-refractivity contribution in [2.45, 2.75) is 45.3 Å². The van der Waals surface area contributed by atoms with Crippen LogP contribution < -0.4 is 0 Å². The lowest BCUT2D eigenvalue weighted by Crippen LogP contribution is -2.42. The number of carbonyl (C=O) groups excluding carboxylic acids is 1. The largest absolute Gasteiger partial charge is 0.395 e. The molecule has 1 spiro atoms. The van der Waals surface area contributed by atoms with E-state index in [2.05, 4.69) is 6.58 Å². The summed E-state index contributed by atoms with van der Waals surface area (Å²) in [4.78, 5) is 12.7. The molecule has 110 valence electrons. The molecule has 3 N–H and O–H groups in total. The third-order valence-electron chi connectivity index (χ3n) is 5.74. The van der Waals surface area contributed by atoms with Crippen LogP contribution in [0.15, 0.2) is 23.3 Å². The third kappa shape index (κ3) is 1.35. The average Bonchev–Trinajstić information content (AvgIpc) is 3.20. The summed E-state index contributed by atoms with van der Waals surface area (Å²) >= 11 is 0. The number of ketones is 1. The molecular formula is C16H22O4. The number of rotatable bonds is 2. The lowest BCUT2D eigenvalue weighted by molar-refractivity contribution is -0.129. The van der Waals surface area contributed by atoms with Crippen molar-refractivity contribution in [1.29, 1.82) is 0 Å². The Morgan fingerprint density at radius 1 is 1.35 bits per heavy atom. The molecule has 4 heteroatoms. The molecule has 4 unspecified atom stereocenters. The standard InChI is InChI=1S/C16H22O4/c1-4-9-10-11(12(18)8(2)16(9)5-6-16)14(20)15(3,7-17)13(10)19/h11-12,14,17-18,20H,2,4-7H2,1,3H3. The number of aliphatic hydroxyl groups excluding tert-OH is 3. The van der Waals surface area contributed by atoms with Gasteiger partial charge in [-0.25, -0.2) is 0 Å². The minimum Gasteiger partial charge on any atom is -0.395 e. The molecule has 0 aromatic carbocycles. The molecule has 0 saturated heterocycles. The summed E-state index contributed by atoms with van der Waals surface area (Å²) in [5.74, 6) is -0.833. The molecule has 0 heterocycles. The topological polar surface area (TPSA) is 77.8 Å². The Kier molecular flexibility index (Phi) is 2.82. The number of hydrogen-bond donors (Lipinski definition) is 3. The van der Waals surface area contributed by atoms with Gasteiger partial charge in [0.05, 0.1) is 24.2 Å². The van der Waals surface area contributed by atoms with Gasteiger partial charge in [0.1, 0.15) is 0 Å². The first-order chi connectivity index (χ1) is 9.35. The first-order valence-electron chi connectivity index (χ1n) is 7.29. The maximum Gasteiger partial charge on any atom is 0.170 e. The molecule has 0 bridgehead atoms. The normalized spacial score (nSPS) is 42.4. The molecule has 0 aromatic rings. The SMILES string of the molecule is C=C1C(O)C2C(=C(CC)C13CC3)C(=O)C(C)(CO)C2O. The monoisotopic (exact) mass is 278 g/mol. The molecular weight excluding hydrogens is 256 g/mol. The van der Waals surface area contributed by atoms with Gasteiger partial charge in [-0.15, -0.1) is 0 Å². The van der Waals surface area contributed by atoms with E-state index in [1.807, 2.05) is 6.92 Å². The number of fused-ring (bicyclic) bond motifs is 1. The summed E-state index contributed by atoms with van der Waals surface area (Å²) in [6, 6.07) is 0. The van der Waals surface area contributed by atoms with E-state index in [1.54, 1.807) is 6.92 Å². The van der Waals surface area contributed by atoms with Crippen LogP contribution in [-0.4, -0.2) is 39.9 Å². The molecule has 20 heavy (non-hydrogen) atoms. The maximum absolute atomic E-state index is 12.7. The van der Waals surface area contributed by atoms with E-state index in [0.29, 0.717) is 5.57 Å². The van der Waals surface area contributed by atoms with Crippen LogP contribution in [0.5, 0.6) is 0 Å². The molecule has 0 aliphatic heterocycles. The number of aliphatic hydroxyl groups is 3. The van der Waals surface area contributed by atoms with E-state index < -0.39 is 30.1 Å². The van der Waals surface area contributed by atoms with Crippen LogP contribution in [0.3, 0.4) is 0 Å². The van der Waals surface area contributed by atoms with Gasteiger partial charge in [-0.3, -0.25) is 4.79 Å². The Hall–Kier alpha value is -0.970. The molecule has 3 rings (SSSR count). The molecule has 4 atom stereocenters. The summed E-state index contributed by atoms with van der Waals surface area (Å²) in [6.07, 6.45) is 0.607. The van der Waals surface area contributed by atoms with E-state index in [0.717, 1.165) is 30.4 Å². The van der Waals surface area contributed by atoms with Crippen LogP contribution in [-0.2, 0) is 4.79 Å². The number of carbonyl (C=O) groups is 1. The Bertz CT molecular complexity index is 529. The Morgan fingerprint density at radius 3 is 2.40 bits per heavy atom. The molecule has 4 nitrogen and oxygen atoms in total. The van der Waals surface area contributed by atoms with Gasteiger partial charge in [-0.1, -0.05) is 19.1 Å². The zero-order chi connectivity index (χ0) is 14.9. The van der Waals surface area contributed by atoms with Crippen molar-refractivity contribution in [2.75, 3.05) is 6.61 Å². The highest BCUT2D eigenvalue weighted by molar-refractivity contribution is 6.05. The highest BCUT2D eigenvalue weighted by Gasteiger charge is 2.64. The molecule has 0 amide bonds. The van der Waals surface area contributed by atoms with E-state index in [4.69, 9.17) is 0 Å². The summed E-state index contributed by atoms with van der Waals surface area (Å²) in [7, 11) is 0. The van der Waals surface area contributed by atoms with E-state index in [-0.39, 0.29) is 11.2 Å². The predicted molar refractivity (Wildman–Crippen MR) is 73.8 cm³/mol. The second-order valence-electron chi connectivity index (χ2n) is 6.67. The Morgan fingerprint density at radius 2 is 1.95 bits per heavy atom. The van der Waals surface area contributed by atoms with Gasteiger partial charge in [0.25, 0.3) is 0 Å². The van der Waals surface area contributed by atoms with E-state index >= 15 is 0 Å². The minimum atomic E-state index is -1.21. The van der Waals surface area contributed by atoms with Crippen molar-refractivity contribution in [1.82, 2.24) is 0 Å². The number of allylic oxidation sites excluding steroid dienone is 1. The fraction of sp³-hybridized carbons (Fsp3) is 0.688. The van der Waals surface area contributed by atoms with Gasteiger partial charge < -0.3 is 15.3 Å². The summed E-state index contributed by atoms with van der Waals surface area (Å²) in [6.45, 7) is 7.20. The quantitative estimate of drug-likeness (QED) is 0.658. The van der Waals surface area contributed by atoms with Gasteiger partial charge >= 0.3 is 0 Å². The summed E-state index contributed by atoms with van der Waals surface area (Å²) < 4.78 is 0. The van der Waals surface area contributed by atoms with Gasteiger partial charge in [0.15, 0.2) is 5.78 Å². The fourth-order valence-electron chi connectivity index (χ4n) is 4.21. The van der Waals surface area contributed by atoms with Crippen molar-refractivity contribution in [3.05, 3.63) is 23.3 Å². The van der Waals surface area contributed by atoms with Crippen LogP contribution >= 0.6 is 0 Å². The second-order valence-corrected chi connectivity index (χ2v) is 6.67. The van der Waals surface area contributed by atoms with Gasteiger partial charge in [-0.2, -0.15) is 0 Å². The van der Waals surface area contributed by atoms with Crippen LogP contribution in [0.1, 0.15) is 33.1 Å². The summed E-state index contributed by atoms with van der Waals surface area (Å²) in [5.41, 5.74) is 0.892. The lowest BCUT2D eigenvalue weighted by Gasteiger charge is -2.37. The fourth-order valence-corrected chi connectivity index (χ4v) is 4.21. The zero-order valence-corrected chi connectivity index (χ0v) is 12.0. The first-order valence-corrected chi connectivity index (χ1v) is 7.29. The van der Waals surface area contributed by atoms with E-state index in [1.165, 1.54) is 0 Å². The molecule has 2 saturated carbocycles. The van der Waals surface area contributed by atoms with Crippen LogP contribution in [0.4, 0.5) is 0 Å². The smallest absolute Gasteiger partial charge is 0.170 e. The van der Waals surface area contributed by atoms with Gasteiger partial charge in [0.2, 0.25) is 0 Å². The molecule has 0 aromatic heterocycles. The van der Waals surface area contributed by atoms with Crippen molar-refractivity contribution in [3.63, 3.8) is 0 Å². The highest BCUT2D eigenvalue weighted by Crippen LogP contribution is 2.66. The first kappa shape index (κ1) is 14.0. The zero-order valence-electron chi connectivity index (χ0n) is 12.0. The maximum atomic E-state index is 12.7. The Labute approximate surface area is 118 Å². The highest BCUT2D eigenvalue weighted by atomic mass is 16.3. The third-order valence-corrected chi connectivity index (χ3v) is 5.74. The second kappa shape index (κ2) is 4.03. The van der Waals surface area contributed by atoms with Crippen molar-refractivity contribution >= 4 is 5.78 Å². The average molecular weight is 278 g/mol. The minimum absolute atomic E-state index is 0.202.